The molecule has 0 saturated carbocycles. The summed E-state index contributed by atoms with van der Waals surface area (Å²) in [5.41, 5.74) is 6.80. The molecular formula is C30H21BNO3. The first-order valence-electron chi connectivity index (χ1n) is 11.4. The first kappa shape index (κ1) is 21.1. The van der Waals surface area contributed by atoms with Gasteiger partial charge in [0.2, 0.25) is 0 Å². The van der Waals surface area contributed by atoms with Crippen LogP contribution in [0.3, 0.4) is 0 Å². The SMILES string of the molecule is O[B]Oc1ccc(N(c2ccccc2-c2ccccc2)c2cccc3c2oc2ccccc23)cc1. The van der Waals surface area contributed by atoms with E-state index in [2.05, 4.69) is 59.5 Å². The monoisotopic (exact) mass is 454 g/mol. The van der Waals surface area contributed by atoms with Crippen LogP contribution in [0.4, 0.5) is 17.1 Å². The van der Waals surface area contributed by atoms with Crippen LogP contribution in [-0.2, 0) is 0 Å². The number of para-hydroxylation sites is 3. The minimum absolute atomic E-state index is 0.550. The van der Waals surface area contributed by atoms with E-state index in [1.54, 1.807) is 0 Å². The smallest absolute Gasteiger partial charge is 0.537 e. The lowest BCUT2D eigenvalue weighted by Gasteiger charge is -2.28. The van der Waals surface area contributed by atoms with Gasteiger partial charge in [-0.1, -0.05) is 78.9 Å². The molecule has 0 aliphatic heterocycles. The van der Waals surface area contributed by atoms with Crippen molar-refractivity contribution in [2.24, 2.45) is 0 Å². The molecule has 0 fully saturated rings. The van der Waals surface area contributed by atoms with Gasteiger partial charge in [0.25, 0.3) is 0 Å². The molecule has 6 aromatic rings. The van der Waals surface area contributed by atoms with Crippen molar-refractivity contribution in [1.29, 1.82) is 0 Å². The largest absolute Gasteiger partial charge is 0.569 e. The third kappa shape index (κ3) is 3.82. The lowest BCUT2D eigenvalue weighted by Crippen LogP contribution is -2.11. The van der Waals surface area contributed by atoms with Gasteiger partial charge in [-0.2, -0.15) is 0 Å². The Morgan fingerprint density at radius 2 is 1.31 bits per heavy atom. The minimum atomic E-state index is 0.550. The van der Waals surface area contributed by atoms with Crippen LogP contribution in [0.25, 0.3) is 33.1 Å². The van der Waals surface area contributed by atoms with E-state index in [0.29, 0.717) is 13.4 Å². The molecule has 4 nitrogen and oxygen atoms in total. The molecular weight excluding hydrogens is 433 g/mol. The van der Waals surface area contributed by atoms with E-state index in [9.17, 15) is 0 Å². The van der Waals surface area contributed by atoms with Gasteiger partial charge in [0.15, 0.2) is 5.58 Å². The Morgan fingerprint density at radius 3 is 2.14 bits per heavy atom. The maximum Gasteiger partial charge on any atom is 0.569 e. The molecule has 0 amide bonds. The zero-order chi connectivity index (χ0) is 23.6. The summed E-state index contributed by atoms with van der Waals surface area (Å²) < 4.78 is 11.6. The molecule has 1 heterocycles. The minimum Gasteiger partial charge on any atom is -0.537 e. The molecule has 0 aliphatic rings. The molecule has 6 rings (SSSR count). The highest BCUT2D eigenvalue weighted by Gasteiger charge is 2.21. The number of furan rings is 1. The van der Waals surface area contributed by atoms with Crippen molar-refractivity contribution >= 4 is 46.7 Å². The van der Waals surface area contributed by atoms with Gasteiger partial charge in [0, 0.05) is 22.0 Å². The predicted molar refractivity (Wildman–Crippen MR) is 142 cm³/mol. The normalized spacial score (nSPS) is 11.0. The van der Waals surface area contributed by atoms with Crippen molar-refractivity contribution < 1.29 is 14.1 Å². The second-order valence-corrected chi connectivity index (χ2v) is 8.19. The van der Waals surface area contributed by atoms with E-state index < -0.39 is 0 Å². The molecule has 167 valence electrons. The first-order chi connectivity index (χ1) is 17.3. The summed E-state index contributed by atoms with van der Waals surface area (Å²) >= 11 is 0. The summed E-state index contributed by atoms with van der Waals surface area (Å²) in [7, 11) is 0.687. The van der Waals surface area contributed by atoms with Crippen LogP contribution in [0.15, 0.2) is 126 Å². The van der Waals surface area contributed by atoms with E-state index in [1.807, 2.05) is 66.7 Å². The van der Waals surface area contributed by atoms with Crippen molar-refractivity contribution in [2.75, 3.05) is 4.90 Å². The Bertz CT molecular complexity index is 1610. The second kappa shape index (κ2) is 9.05. The number of fused-ring (bicyclic) bond motifs is 3. The van der Waals surface area contributed by atoms with Gasteiger partial charge in [-0.05, 0) is 48.0 Å². The molecule has 0 saturated heterocycles. The Labute approximate surface area is 203 Å². The molecule has 0 bridgehead atoms. The molecule has 0 aliphatic carbocycles. The highest BCUT2D eigenvalue weighted by molar-refractivity contribution is 6.17. The fourth-order valence-corrected chi connectivity index (χ4v) is 4.58. The average molecular weight is 454 g/mol. The van der Waals surface area contributed by atoms with Crippen molar-refractivity contribution in [2.45, 2.75) is 0 Å². The topological polar surface area (TPSA) is 45.8 Å². The summed E-state index contributed by atoms with van der Waals surface area (Å²) in [5, 5.41) is 11.2. The third-order valence-electron chi connectivity index (χ3n) is 6.14. The van der Waals surface area contributed by atoms with Crippen LogP contribution in [0.1, 0.15) is 0 Å². The number of hydrogen-bond acceptors (Lipinski definition) is 4. The summed E-state index contributed by atoms with van der Waals surface area (Å²) in [6.45, 7) is 0. The number of benzene rings is 5. The summed E-state index contributed by atoms with van der Waals surface area (Å²) in [6, 6.07) is 40.7. The standard InChI is InChI=1S/C30H21BNO3/c33-31-35-23-19-17-22(18-20-23)32(27-14-6-4-11-24(27)21-9-2-1-3-10-21)28-15-8-13-26-25-12-5-7-16-29(25)34-30(26)28/h1-20,33H. The highest BCUT2D eigenvalue weighted by Crippen LogP contribution is 2.45. The maximum atomic E-state index is 9.03. The molecule has 35 heavy (non-hydrogen) atoms. The summed E-state index contributed by atoms with van der Waals surface area (Å²) in [4.78, 5) is 2.21. The number of rotatable bonds is 6. The third-order valence-corrected chi connectivity index (χ3v) is 6.14. The Kier molecular flexibility index (Phi) is 5.45. The van der Waals surface area contributed by atoms with Gasteiger partial charge in [0.05, 0.1) is 11.4 Å². The molecule has 1 radical (unpaired) electrons. The predicted octanol–water partition coefficient (Wildman–Crippen LogP) is 7.63. The van der Waals surface area contributed by atoms with Crippen molar-refractivity contribution in [3.63, 3.8) is 0 Å². The van der Waals surface area contributed by atoms with Crippen LogP contribution >= 0.6 is 0 Å². The molecule has 5 heteroatoms. The lowest BCUT2D eigenvalue weighted by molar-refractivity contribution is 0.454. The fourth-order valence-electron chi connectivity index (χ4n) is 4.58. The second-order valence-electron chi connectivity index (χ2n) is 8.19. The van der Waals surface area contributed by atoms with Crippen molar-refractivity contribution in [3.8, 4) is 16.9 Å². The molecule has 5 aromatic carbocycles. The Hall–Kier alpha value is -4.48. The van der Waals surface area contributed by atoms with Gasteiger partial charge in [-0.3, -0.25) is 0 Å². The summed E-state index contributed by atoms with van der Waals surface area (Å²) in [6.07, 6.45) is 0. The molecule has 1 aromatic heterocycles. The van der Waals surface area contributed by atoms with Gasteiger partial charge in [-0.25, -0.2) is 0 Å². The number of hydrogen-bond donors (Lipinski definition) is 1. The number of nitrogens with zero attached hydrogens (tertiary/aromatic N) is 1. The zero-order valence-corrected chi connectivity index (χ0v) is 18.8. The van der Waals surface area contributed by atoms with Crippen LogP contribution in [0.2, 0.25) is 0 Å². The van der Waals surface area contributed by atoms with Crippen molar-refractivity contribution in [1.82, 2.24) is 0 Å². The van der Waals surface area contributed by atoms with Gasteiger partial charge < -0.3 is 19.0 Å². The Balaban J connectivity index is 1.62. The quantitative estimate of drug-likeness (QED) is 0.263. The van der Waals surface area contributed by atoms with Crippen molar-refractivity contribution in [3.05, 3.63) is 121 Å². The van der Waals surface area contributed by atoms with Gasteiger partial charge in [-0.15, -0.1) is 0 Å². The van der Waals surface area contributed by atoms with E-state index >= 15 is 0 Å². The van der Waals surface area contributed by atoms with E-state index in [-0.39, 0.29) is 0 Å². The van der Waals surface area contributed by atoms with E-state index in [1.165, 1.54) is 0 Å². The molecule has 0 atom stereocenters. The van der Waals surface area contributed by atoms with Gasteiger partial charge >= 0.3 is 7.69 Å². The lowest BCUT2D eigenvalue weighted by atomic mass is 10.0. The Morgan fingerprint density at radius 1 is 0.629 bits per heavy atom. The highest BCUT2D eigenvalue weighted by atomic mass is 16.5. The van der Waals surface area contributed by atoms with Crippen LogP contribution in [0.5, 0.6) is 5.75 Å². The molecule has 0 spiro atoms. The zero-order valence-electron chi connectivity index (χ0n) is 18.8. The number of anilines is 3. The summed E-state index contributed by atoms with van der Waals surface area (Å²) in [5.74, 6) is 0.550. The first-order valence-corrected chi connectivity index (χ1v) is 11.4. The fraction of sp³-hybridized carbons (Fsp3) is 0. The average Bonchev–Trinajstić information content (AvgIpc) is 3.30. The van der Waals surface area contributed by atoms with E-state index in [0.717, 1.165) is 50.1 Å². The van der Waals surface area contributed by atoms with Gasteiger partial charge in [0.1, 0.15) is 11.3 Å². The molecule has 1 N–H and O–H groups in total. The maximum absolute atomic E-state index is 9.03. The molecule has 0 unspecified atom stereocenters. The van der Waals surface area contributed by atoms with Crippen LogP contribution < -0.4 is 9.55 Å². The van der Waals surface area contributed by atoms with E-state index in [4.69, 9.17) is 14.1 Å². The van der Waals surface area contributed by atoms with Crippen LogP contribution in [-0.4, -0.2) is 12.7 Å². The van der Waals surface area contributed by atoms with Crippen LogP contribution in [0, 0.1) is 0 Å².